The van der Waals surface area contributed by atoms with Gasteiger partial charge in [-0.1, -0.05) is 19.8 Å². The smallest absolute Gasteiger partial charge is 0.194 e. The average molecular weight is 434 g/mol. The highest BCUT2D eigenvalue weighted by atomic mass is 127. The van der Waals surface area contributed by atoms with E-state index < -0.39 is 0 Å². The maximum Gasteiger partial charge on any atom is 0.194 e. The molecular formula is C16H31IN6. The van der Waals surface area contributed by atoms with Gasteiger partial charge in [-0.15, -0.1) is 24.0 Å². The van der Waals surface area contributed by atoms with Gasteiger partial charge in [0.25, 0.3) is 0 Å². The van der Waals surface area contributed by atoms with Crippen LogP contribution in [0.4, 0.5) is 0 Å². The van der Waals surface area contributed by atoms with Gasteiger partial charge in [0.1, 0.15) is 18.7 Å². The summed E-state index contributed by atoms with van der Waals surface area (Å²) in [5.41, 5.74) is 0. The molecule has 7 heteroatoms. The highest BCUT2D eigenvalue weighted by Gasteiger charge is 2.20. The molecule has 1 fully saturated rings. The zero-order valence-corrected chi connectivity index (χ0v) is 17.2. The Bertz CT molecular complexity index is 479. The van der Waals surface area contributed by atoms with E-state index in [9.17, 15) is 0 Å². The first-order valence-corrected chi connectivity index (χ1v) is 8.42. The third-order valence-electron chi connectivity index (χ3n) is 4.54. The van der Waals surface area contributed by atoms with Crippen LogP contribution in [0.1, 0.15) is 45.4 Å². The topological polar surface area (TPSA) is 58.3 Å². The lowest BCUT2D eigenvalue weighted by Gasteiger charge is -2.31. The predicted octanol–water partition coefficient (Wildman–Crippen LogP) is 2.66. The minimum Gasteiger partial charge on any atom is -0.357 e. The molecule has 0 bridgehead atoms. The van der Waals surface area contributed by atoms with Gasteiger partial charge in [-0.3, -0.25) is 4.68 Å². The van der Waals surface area contributed by atoms with Crippen LogP contribution >= 0.6 is 24.0 Å². The van der Waals surface area contributed by atoms with E-state index in [0.717, 1.165) is 36.7 Å². The molecule has 6 nitrogen and oxygen atoms in total. The Balaban J connectivity index is 0.00000264. The number of aromatic nitrogens is 3. The number of nitrogens with one attached hydrogen (secondary N) is 1. The van der Waals surface area contributed by atoms with Crippen LogP contribution in [0.5, 0.6) is 0 Å². The normalized spacial score (nSPS) is 21.7. The Morgan fingerprint density at radius 1 is 1.39 bits per heavy atom. The molecule has 0 unspecified atom stereocenters. The van der Waals surface area contributed by atoms with Gasteiger partial charge in [-0.25, -0.2) is 9.98 Å². The molecule has 23 heavy (non-hydrogen) atoms. The second-order valence-corrected chi connectivity index (χ2v) is 6.48. The van der Waals surface area contributed by atoms with Gasteiger partial charge in [0.2, 0.25) is 0 Å². The first kappa shape index (κ1) is 20.2. The van der Waals surface area contributed by atoms with Crippen molar-refractivity contribution in [3.8, 4) is 0 Å². The zero-order chi connectivity index (χ0) is 15.9. The zero-order valence-electron chi connectivity index (χ0n) is 14.8. The molecule has 1 aliphatic rings. The Labute approximate surface area is 157 Å². The van der Waals surface area contributed by atoms with Crippen LogP contribution in [0.25, 0.3) is 0 Å². The van der Waals surface area contributed by atoms with Crippen LogP contribution in [0.3, 0.4) is 0 Å². The molecule has 1 aromatic heterocycles. The largest absolute Gasteiger partial charge is 0.357 e. The Hall–Kier alpha value is -0.860. The van der Waals surface area contributed by atoms with Crippen LogP contribution < -0.4 is 5.32 Å². The van der Waals surface area contributed by atoms with Gasteiger partial charge in [-0.05, 0) is 31.6 Å². The summed E-state index contributed by atoms with van der Waals surface area (Å²) < 4.78 is 1.77. The predicted molar refractivity (Wildman–Crippen MR) is 105 cm³/mol. The molecule has 1 aliphatic carbocycles. The molecule has 0 saturated heterocycles. The van der Waals surface area contributed by atoms with Crippen molar-refractivity contribution in [3.05, 3.63) is 12.2 Å². The fourth-order valence-corrected chi connectivity index (χ4v) is 3.06. The second kappa shape index (κ2) is 10.1. The molecule has 132 valence electrons. The van der Waals surface area contributed by atoms with Crippen molar-refractivity contribution in [2.24, 2.45) is 23.9 Å². The van der Waals surface area contributed by atoms with Crippen LogP contribution in [0.2, 0.25) is 0 Å². The fourth-order valence-electron chi connectivity index (χ4n) is 3.06. The third kappa shape index (κ3) is 6.27. The van der Waals surface area contributed by atoms with Gasteiger partial charge in [0.05, 0.1) is 0 Å². The van der Waals surface area contributed by atoms with E-state index in [0.29, 0.717) is 6.54 Å². The van der Waals surface area contributed by atoms with E-state index in [4.69, 9.17) is 4.99 Å². The molecule has 0 aromatic carbocycles. The van der Waals surface area contributed by atoms with Crippen molar-refractivity contribution in [1.29, 1.82) is 0 Å². The van der Waals surface area contributed by atoms with Crippen molar-refractivity contribution in [3.63, 3.8) is 0 Å². The van der Waals surface area contributed by atoms with Crippen LogP contribution in [-0.2, 0) is 13.6 Å². The summed E-state index contributed by atoms with van der Waals surface area (Å²) in [5.74, 6) is 3.54. The van der Waals surface area contributed by atoms with Crippen molar-refractivity contribution >= 4 is 29.9 Å². The number of hydrogen-bond acceptors (Lipinski definition) is 3. The van der Waals surface area contributed by atoms with E-state index in [2.05, 4.69) is 41.2 Å². The number of guanidine groups is 1. The van der Waals surface area contributed by atoms with Crippen LogP contribution in [0.15, 0.2) is 11.3 Å². The van der Waals surface area contributed by atoms with Crippen molar-refractivity contribution < 1.29 is 0 Å². The summed E-state index contributed by atoms with van der Waals surface area (Å²) >= 11 is 0. The monoisotopic (exact) mass is 434 g/mol. The summed E-state index contributed by atoms with van der Waals surface area (Å²) in [4.78, 5) is 11.2. The molecule has 1 saturated carbocycles. The number of rotatable bonds is 5. The molecule has 0 spiro atoms. The average Bonchev–Trinajstić information content (AvgIpc) is 2.91. The first-order chi connectivity index (χ1) is 10.6. The number of hydrogen-bond donors (Lipinski definition) is 1. The number of aliphatic imine (C=N–C) groups is 1. The first-order valence-electron chi connectivity index (χ1n) is 8.42. The third-order valence-corrected chi connectivity index (χ3v) is 4.54. The lowest BCUT2D eigenvalue weighted by molar-refractivity contribution is 0.250. The van der Waals surface area contributed by atoms with Crippen LogP contribution in [0, 0.1) is 11.8 Å². The van der Waals surface area contributed by atoms with Gasteiger partial charge >= 0.3 is 0 Å². The summed E-state index contributed by atoms with van der Waals surface area (Å²) in [6, 6.07) is 0. The summed E-state index contributed by atoms with van der Waals surface area (Å²) in [7, 11) is 4.04. The van der Waals surface area contributed by atoms with E-state index in [1.165, 1.54) is 25.7 Å². The number of aryl methyl sites for hydroxylation is 1. The minimum atomic E-state index is 0. The van der Waals surface area contributed by atoms with Crippen molar-refractivity contribution in [1.82, 2.24) is 25.0 Å². The quantitative estimate of drug-likeness (QED) is 0.440. The highest BCUT2D eigenvalue weighted by molar-refractivity contribution is 14.0. The van der Waals surface area contributed by atoms with Gasteiger partial charge in [0.15, 0.2) is 5.96 Å². The molecule has 1 heterocycles. The van der Waals surface area contributed by atoms with Crippen molar-refractivity contribution in [2.45, 2.75) is 46.1 Å². The molecular weight excluding hydrogens is 403 g/mol. The fraction of sp³-hybridized carbons (Fsp3) is 0.812. The van der Waals surface area contributed by atoms with Crippen molar-refractivity contribution in [2.75, 3.05) is 20.1 Å². The Kier molecular flexibility index (Phi) is 8.86. The molecule has 1 aromatic rings. The summed E-state index contributed by atoms with van der Waals surface area (Å²) in [6.07, 6.45) is 6.99. The molecule has 0 radical (unpaired) electrons. The molecule has 0 atom stereocenters. The van der Waals surface area contributed by atoms with E-state index in [1.807, 2.05) is 7.05 Å². The summed E-state index contributed by atoms with van der Waals surface area (Å²) in [5, 5.41) is 7.47. The van der Waals surface area contributed by atoms with Gasteiger partial charge < -0.3 is 10.2 Å². The Morgan fingerprint density at radius 2 is 2.09 bits per heavy atom. The van der Waals surface area contributed by atoms with Crippen LogP contribution in [-0.4, -0.2) is 45.8 Å². The molecule has 1 N–H and O–H groups in total. The molecule has 0 aliphatic heterocycles. The standard InChI is InChI=1S/C16H30N6.HI/c1-5-17-16(18-10-15-19-12-20-22(15)4)21(3)11-14-8-6-13(2)7-9-14;/h12-14H,5-11H2,1-4H3,(H,17,18);1H. The van der Waals surface area contributed by atoms with E-state index >= 15 is 0 Å². The second-order valence-electron chi connectivity index (χ2n) is 6.48. The minimum absolute atomic E-state index is 0. The highest BCUT2D eigenvalue weighted by Crippen LogP contribution is 2.28. The summed E-state index contributed by atoms with van der Waals surface area (Å²) in [6.45, 7) is 6.99. The number of nitrogens with zero attached hydrogens (tertiary/aromatic N) is 5. The maximum absolute atomic E-state index is 4.71. The molecule has 0 amide bonds. The maximum atomic E-state index is 4.71. The van der Waals surface area contributed by atoms with E-state index in [1.54, 1.807) is 11.0 Å². The Morgan fingerprint density at radius 3 is 2.65 bits per heavy atom. The van der Waals surface area contributed by atoms with Gasteiger partial charge in [-0.2, -0.15) is 5.10 Å². The molecule has 2 rings (SSSR count). The lowest BCUT2D eigenvalue weighted by Crippen LogP contribution is -2.41. The SMILES string of the molecule is CCNC(=NCc1ncnn1C)N(C)CC1CCC(C)CC1.I. The van der Waals surface area contributed by atoms with Gasteiger partial charge in [0, 0.05) is 27.2 Å². The van der Waals surface area contributed by atoms with E-state index in [-0.39, 0.29) is 24.0 Å². The number of halogens is 1. The lowest BCUT2D eigenvalue weighted by atomic mass is 9.83.